The average Bonchev–Trinajstić information content (AvgIpc) is 2.45. The highest BCUT2D eigenvalue weighted by molar-refractivity contribution is 5.55. The van der Waals surface area contributed by atoms with E-state index >= 15 is 0 Å². The summed E-state index contributed by atoms with van der Waals surface area (Å²) in [5.74, 6) is 0. The summed E-state index contributed by atoms with van der Waals surface area (Å²) in [6.45, 7) is 8.83. The first-order chi connectivity index (χ1) is 9.58. The number of benzene rings is 1. The zero-order valence-electron chi connectivity index (χ0n) is 13.0. The molecule has 1 saturated heterocycles. The first-order valence-electron chi connectivity index (χ1n) is 7.54. The lowest BCUT2D eigenvalue weighted by molar-refractivity contribution is 0.229. The first-order valence-corrected chi connectivity index (χ1v) is 7.54. The Labute approximate surface area is 123 Å². The topological polar surface area (TPSA) is 35.7 Å². The fourth-order valence-electron chi connectivity index (χ4n) is 2.71. The Morgan fingerprint density at radius 3 is 2.40 bits per heavy atom. The van der Waals surface area contributed by atoms with Gasteiger partial charge in [-0.15, -0.1) is 0 Å². The molecule has 112 valence electrons. The Hall–Kier alpha value is -1.10. The predicted molar refractivity (Wildman–Crippen MR) is 86.3 cm³/mol. The van der Waals surface area contributed by atoms with E-state index in [2.05, 4.69) is 60.0 Å². The van der Waals surface area contributed by atoms with Gasteiger partial charge in [-0.25, -0.2) is 0 Å². The van der Waals surface area contributed by atoms with Crippen LogP contribution in [-0.2, 0) is 0 Å². The Kier molecular flexibility index (Phi) is 5.40. The second-order valence-corrected chi connectivity index (χ2v) is 5.98. The van der Waals surface area contributed by atoms with E-state index in [9.17, 15) is 0 Å². The van der Waals surface area contributed by atoms with Crippen molar-refractivity contribution in [3.63, 3.8) is 0 Å². The number of para-hydroxylation sites is 1. The smallest absolute Gasteiger partial charge is 0.0415 e. The van der Waals surface area contributed by atoms with Crippen LogP contribution in [0.5, 0.6) is 0 Å². The largest absolute Gasteiger partial charge is 0.369 e. The maximum Gasteiger partial charge on any atom is 0.0415 e. The van der Waals surface area contributed by atoms with Crippen molar-refractivity contribution in [3.05, 3.63) is 29.8 Å². The molecule has 0 spiro atoms. The van der Waals surface area contributed by atoms with Crippen molar-refractivity contribution in [2.75, 3.05) is 58.3 Å². The monoisotopic (exact) mass is 276 g/mol. The minimum Gasteiger partial charge on any atom is -0.369 e. The molecule has 0 aromatic heterocycles. The molecule has 0 saturated carbocycles. The Morgan fingerprint density at radius 2 is 1.80 bits per heavy atom. The number of piperazine rings is 1. The van der Waals surface area contributed by atoms with Gasteiger partial charge < -0.3 is 15.5 Å². The molecule has 0 bridgehead atoms. The van der Waals surface area contributed by atoms with Crippen LogP contribution in [0.15, 0.2) is 24.3 Å². The van der Waals surface area contributed by atoms with Crippen molar-refractivity contribution in [2.45, 2.75) is 13.0 Å². The molecule has 20 heavy (non-hydrogen) atoms. The van der Waals surface area contributed by atoms with Gasteiger partial charge in [0.15, 0.2) is 0 Å². The van der Waals surface area contributed by atoms with E-state index in [1.54, 1.807) is 0 Å². The summed E-state index contributed by atoms with van der Waals surface area (Å²) in [6, 6.07) is 8.64. The quantitative estimate of drug-likeness (QED) is 0.881. The molecule has 1 aromatic rings. The van der Waals surface area contributed by atoms with Crippen LogP contribution in [0, 0.1) is 0 Å². The van der Waals surface area contributed by atoms with Gasteiger partial charge in [-0.2, -0.15) is 0 Å². The van der Waals surface area contributed by atoms with E-state index in [0.717, 1.165) is 39.3 Å². The second kappa shape index (κ2) is 7.07. The molecule has 0 amide bonds. The molecule has 0 radical (unpaired) electrons. The van der Waals surface area contributed by atoms with Crippen LogP contribution >= 0.6 is 0 Å². The molecule has 1 fully saturated rings. The summed E-state index contributed by atoms with van der Waals surface area (Å²) in [4.78, 5) is 7.27. The molecular formula is C16H28N4. The molecule has 2 N–H and O–H groups in total. The van der Waals surface area contributed by atoms with Crippen LogP contribution in [-0.4, -0.2) is 63.2 Å². The molecule has 0 aliphatic carbocycles. The van der Waals surface area contributed by atoms with Gasteiger partial charge in [0.25, 0.3) is 0 Å². The van der Waals surface area contributed by atoms with Gasteiger partial charge in [-0.05, 0) is 32.6 Å². The summed E-state index contributed by atoms with van der Waals surface area (Å²) in [6.07, 6.45) is 0. The van der Waals surface area contributed by atoms with Gasteiger partial charge in [0.05, 0.1) is 0 Å². The number of rotatable bonds is 5. The van der Waals surface area contributed by atoms with Crippen LogP contribution in [0.2, 0.25) is 0 Å². The van der Waals surface area contributed by atoms with Crippen molar-refractivity contribution in [3.8, 4) is 0 Å². The minimum absolute atomic E-state index is 0.0953. The zero-order chi connectivity index (χ0) is 14.5. The van der Waals surface area contributed by atoms with E-state index in [-0.39, 0.29) is 6.04 Å². The molecule has 1 aromatic carbocycles. The molecule has 1 heterocycles. The standard InChI is InChI=1S/C16H28N4/c1-14(17)15-6-4-5-7-16(15)20-12-10-19(11-13-20)9-8-18(2)3/h4-7,14H,8-13,17H2,1-3H3/t14-/m0/s1. The minimum atomic E-state index is 0.0953. The van der Waals surface area contributed by atoms with E-state index < -0.39 is 0 Å². The van der Waals surface area contributed by atoms with Gasteiger partial charge in [0.2, 0.25) is 0 Å². The number of hydrogen-bond donors (Lipinski definition) is 1. The highest BCUT2D eigenvalue weighted by Crippen LogP contribution is 2.25. The van der Waals surface area contributed by atoms with Gasteiger partial charge >= 0.3 is 0 Å². The van der Waals surface area contributed by atoms with Gasteiger partial charge in [-0.3, -0.25) is 4.90 Å². The van der Waals surface area contributed by atoms with Crippen LogP contribution in [0.4, 0.5) is 5.69 Å². The van der Waals surface area contributed by atoms with Crippen molar-refractivity contribution in [2.24, 2.45) is 5.73 Å². The molecule has 0 unspecified atom stereocenters. The third-order valence-corrected chi connectivity index (χ3v) is 4.00. The molecule has 4 nitrogen and oxygen atoms in total. The maximum absolute atomic E-state index is 6.09. The second-order valence-electron chi connectivity index (χ2n) is 5.98. The first kappa shape index (κ1) is 15.3. The highest BCUT2D eigenvalue weighted by atomic mass is 15.3. The fraction of sp³-hybridized carbons (Fsp3) is 0.625. The Morgan fingerprint density at radius 1 is 1.15 bits per heavy atom. The van der Waals surface area contributed by atoms with Gasteiger partial charge in [0, 0.05) is 51.0 Å². The average molecular weight is 276 g/mol. The van der Waals surface area contributed by atoms with Gasteiger partial charge in [-0.1, -0.05) is 18.2 Å². The van der Waals surface area contributed by atoms with Crippen LogP contribution in [0.3, 0.4) is 0 Å². The number of anilines is 1. The number of likely N-dealkylation sites (N-methyl/N-ethyl adjacent to an activating group) is 1. The van der Waals surface area contributed by atoms with E-state index in [1.807, 2.05) is 0 Å². The normalized spacial score (nSPS) is 18.6. The van der Waals surface area contributed by atoms with E-state index in [4.69, 9.17) is 5.73 Å². The van der Waals surface area contributed by atoms with Gasteiger partial charge in [0.1, 0.15) is 0 Å². The third kappa shape index (κ3) is 3.95. The SMILES string of the molecule is C[C@H](N)c1ccccc1N1CCN(CCN(C)C)CC1. The molecule has 2 rings (SSSR count). The summed E-state index contributed by atoms with van der Waals surface area (Å²) < 4.78 is 0. The lowest BCUT2D eigenvalue weighted by Crippen LogP contribution is -2.48. The molecule has 1 aliphatic rings. The summed E-state index contributed by atoms with van der Waals surface area (Å²) >= 11 is 0. The van der Waals surface area contributed by atoms with Crippen LogP contribution in [0.25, 0.3) is 0 Å². The molecule has 1 aliphatic heterocycles. The highest BCUT2D eigenvalue weighted by Gasteiger charge is 2.19. The molecular weight excluding hydrogens is 248 g/mol. The van der Waals surface area contributed by atoms with Crippen molar-refractivity contribution >= 4 is 5.69 Å². The van der Waals surface area contributed by atoms with E-state index in [0.29, 0.717) is 0 Å². The van der Waals surface area contributed by atoms with Crippen molar-refractivity contribution in [1.29, 1.82) is 0 Å². The van der Waals surface area contributed by atoms with Crippen LogP contribution < -0.4 is 10.6 Å². The number of nitrogens with two attached hydrogens (primary N) is 1. The Bertz CT molecular complexity index is 409. The number of hydrogen-bond acceptors (Lipinski definition) is 4. The number of nitrogens with zero attached hydrogens (tertiary/aromatic N) is 3. The summed E-state index contributed by atoms with van der Waals surface area (Å²) in [5, 5.41) is 0. The zero-order valence-corrected chi connectivity index (χ0v) is 13.0. The maximum atomic E-state index is 6.09. The molecule has 4 heteroatoms. The third-order valence-electron chi connectivity index (χ3n) is 4.00. The Balaban J connectivity index is 1.94. The summed E-state index contributed by atoms with van der Waals surface area (Å²) in [7, 11) is 4.27. The predicted octanol–water partition coefficient (Wildman–Crippen LogP) is 1.39. The van der Waals surface area contributed by atoms with E-state index in [1.165, 1.54) is 11.3 Å². The van der Waals surface area contributed by atoms with Crippen LogP contribution in [0.1, 0.15) is 18.5 Å². The summed E-state index contributed by atoms with van der Waals surface area (Å²) in [5.41, 5.74) is 8.66. The lowest BCUT2D eigenvalue weighted by Gasteiger charge is -2.37. The lowest BCUT2D eigenvalue weighted by atomic mass is 10.1. The van der Waals surface area contributed by atoms with Crippen molar-refractivity contribution in [1.82, 2.24) is 9.80 Å². The molecule has 1 atom stereocenters. The fourth-order valence-corrected chi connectivity index (χ4v) is 2.71. The van der Waals surface area contributed by atoms with Crippen molar-refractivity contribution < 1.29 is 0 Å².